The molecule has 3 rings (SSSR count). The molecular weight excluding hydrogens is 301 g/mol. The van der Waals surface area contributed by atoms with Crippen molar-refractivity contribution in [3.05, 3.63) is 24.4 Å². The second-order valence-electron chi connectivity index (χ2n) is 4.79. The summed E-state index contributed by atoms with van der Waals surface area (Å²) in [5.41, 5.74) is 0. The lowest BCUT2D eigenvalue weighted by Gasteiger charge is -2.10. The van der Waals surface area contributed by atoms with Gasteiger partial charge in [0.1, 0.15) is 6.17 Å². The predicted molar refractivity (Wildman–Crippen MR) is 70.7 cm³/mol. The highest BCUT2D eigenvalue weighted by molar-refractivity contribution is 7.89. The quantitative estimate of drug-likeness (QED) is 0.851. The number of nitrogens with zero attached hydrogens (tertiary/aromatic N) is 1. The summed E-state index contributed by atoms with van der Waals surface area (Å²) in [7, 11) is -3.78. The van der Waals surface area contributed by atoms with Gasteiger partial charge in [0.25, 0.3) is 10.0 Å². The van der Waals surface area contributed by atoms with E-state index in [2.05, 4.69) is 15.2 Å². The fraction of sp³-hybridized carbons (Fsp3) is 0.417. The van der Waals surface area contributed by atoms with Crippen molar-refractivity contribution in [2.24, 2.45) is 0 Å². The third-order valence-electron chi connectivity index (χ3n) is 3.21. The molecule has 1 aliphatic heterocycles. The fourth-order valence-electron chi connectivity index (χ4n) is 2.15. The molecule has 2 aromatic heterocycles. The summed E-state index contributed by atoms with van der Waals surface area (Å²) in [5, 5.41) is 6.21. The first-order valence-electron chi connectivity index (χ1n) is 6.42. The second kappa shape index (κ2) is 5.58. The molecule has 0 amide bonds. The lowest BCUT2D eigenvalue weighted by Crippen LogP contribution is -2.37. The van der Waals surface area contributed by atoms with Crippen LogP contribution in [0.1, 0.15) is 6.42 Å². The van der Waals surface area contributed by atoms with Crippen LogP contribution in [0.25, 0.3) is 11.5 Å². The summed E-state index contributed by atoms with van der Waals surface area (Å²) in [6, 6.07) is 4.17. The average Bonchev–Trinajstić information content (AvgIpc) is 3.17. The maximum absolute atomic E-state index is 13.0. The molecule has 2 aromatic rings. The summed E-state index contributed by atoms with van der Waals surface area (Å²) in [6.45, 7) is 0.365. The van der Waals surface area contributed by atoms with Crippen LogP contribution in [-0.2, 0) is 10.0 Å². The molecule has 1 aliphatic rings. The Kier molecular flexibility index (Phi) is 3.79. The Hall–Kier alpha value is -1.71. The molecule has 0 radical (unpaired) electrons. The van der Waals surface area contributed by atoms with Crippen molar-refractivity contribution >= 4 is 10.0 Å². The Balaban J connectivity index is 1.67. The van der Waals surface area contributed by atoms with Crippen LogP contribution in [0.4, 0.5) is 4.39 Å². The van der Waals surface area contributed by atoms with Gasteiger partial charge < -0.3 is 14.3 Å². The zero-order valence-electron chi connectivity index (χ0n) is 11.0. The molecular formula is C12H14FN3O4S. The maximum atomic E-state index is 13.0. The third-order valence-corrected chi connectivity index (χ3v) is 4.51. The molecule has 7 nitrogen and oxygen atoms in total. The molecule has 2 unspecified atom stereocenters. The largest absolute Gasteiger partial charge is 0.440 e. The highest BCUT2D eigenvalue weighted by Gasteiger charge is 2.26. The van der Waals surface area contributed by atoms with Gasteiger partial charge in [-0.25, -0.2) is 17.5 Å². The Labute approximate surface area is 120 Å². The predicted octanol–water partition coefficient (Wildman–Crippen LogP) is 0.913. The van der Waals surface area contributed by atoms with Gasteiger partial charge in [-0.15, -0.1) is 0 Å². The van der Waals surface area contributed by atoms with Crippen molar-refractivity contribution in [3.8, 4) is 11.5 Å². The van der Waals surface area contributed by atoms with Gasteiger partial charge in [0.15, 0.2) is 5.76 Å². The molecule has 3 heterocycles. The normalized spacial score (nSPS) is 22.7. The number of halogens is 1. The molecule has 2 atom stereocenters. The van der Waals surface area contributed by atoms with E-state index in [1.54, 1.807) is 6.07 Å². The highest BCUT2D eigenvalue weighted by atomic mass is 32.2. The van der Waals surface area contributed by atoms with E-state index in [4.69, 9.17) is 8.94 Å². The minimum Gasteiger partial charge on any atom is -0.440 e. The number of alkyl halides is 1. The van der Waals surface area contributed by atoms with Crippen molar-refractivity contribution in [1.29, 1.82) is 0 Å². The van der Waals surface area contributed by atoms with Gasteiger partial charge >= 0.3 is 0 Å². The monoisotopic (exact) mass is 315 g/mol. The second-order valence-corrected chi connectivity index (χ2v) is 6.48. The van der Waals surface area contributed by atoms with E-state index < -0.39 is 16.2 Å². The lowest BCUT2D eigenvalue weighted by molar-refractivity contribution is 0.355. The molecule has 0 aromatic carbocycles. The number of rotatable bonds is 5. The Morgan fingerprint density at radius 3 is 2.90 bits per heavy atom. The number of sulfonamides is 1. The average molecular weight is 315 g/mol. The van der Waals surface area contributed by atoms with Crippen LogP contribution in [0.5, 0.6) is 0 Å². The van der Waals surface area contributed by atoms with Crippen LogP contribution >= 0.6 is 0 Å². The van der Waals surface area contributed by atoms with Gasteiger partial charge in [-0.1, -0.05) is 5.16 Å². The molecule has 0 spiro atoms. The van der Waals surface area contributed by atoms with Crippen LogP contribution in [0, 0.1) is 0 Å². The molecule has 1 fully saturated rings. The van der Waals surface area contributed by atoms with E-state index in [1.807, 2.05) is 0 Å². The molecule has 9 heteroatoms. The molecule has 114 valence electrons. The zero-order valence-corrected chi connectivity index (χ0v) is 11.8. The number of aromatic nitrogens is 1. The number of hydrogen-bond acceptors (Lipinski definition) is 6. The van der Waals surface area contributed by atoms with Crippen molar-refractivity contribution in [2.75, 3.05) is 13.1 Å². The van der Waals surface area contributed by atoms with E-state index in [9.17, 15) is 12.8 Å². The minimum atomic E-state index is -3.78. The standard InChI is InChI=1S/C12H14FN3O4S/c13-8-5-9(14-6-8)7-16-21(17,18)12-2-1-10(19-12)11-3-4-15-20-11/h1-4,8-9,14,16H,5-7H2. The molecule has 2 N–H and O–H groups in total. The Morgan fingerprint density at radius 2 is 2.24 bits per heavy atom. The van der Waals surface area contributed by atoms with Gasteiger partial charge in [-0.05, 0) is 18.6 Å². The maximum Gasteiger partial charge on any atom is 0.274 e. The first-order chi connectivity index (χ1) is 10.0. The molecule has 0 aliphatic carbocycles. The molecule has 0 saturated carbocycles. The molecule has 0 bridgehead atoms. The molecule has 21 heavy (non-hydrogen) atoms. The number of hydrogen-bond donors (Lipinski definition) is 2. The Morgan fingerprint density at radius 1 is 1.38 bits per heavy atom. The van der Waals surface area contributed by atoms with Gasteiger partial charge in [0.05, 0.1) is 6.20 Å². The Bertz CT molecular complexity index is 698. The van der Waals surface area contributed by atoms with Crippen molar-refractivity contribution < 1.29 is 21.7 Å². The van der Waals surface area contributed by atoms with E-state index in [0.717, 1.165) is 0 Å². The van der Waals surface area contributed by atoms with Gasteiger partial charge in [0.2, 0.25) is 10.9 Å². The van der Waals surface area contributed by atoms with E-state index in [-0.39, 0.29) is 30.0 Å². The minimum absolute atomic E-state index is 0.112. The lowest BCUT2D eigenvalue weighted by atomic mass is 10.2. The summed E-state index contributed by atoms with van der Waals surface area (Å²) in [6.07, 6.45) is 0.800. The van der Waals surface area contributed by atoms with E-state index in [1.165, 1.54) is 18.3 Å². The number of nitrogens with one attached hydrogen (secondary N) is 2. The SMILES string of the molecule is O=S(=O)(NCC1CC(F)CN1)c1ccc(-c2ccno2)o1. The van der Waals surface area contributed by atoms with Crippen LogP contribution in [0.2, 0.25) is 0 Å². The van der Waals surface area contributed by atoms with Crippen molar-refractivity contribution in [3.63, 3.8) is 0 Å². The van der Waals surface area contributed by atoms with E-state index >= 15 is 0 Å². The van der Waals surface area contributed by atoms with E-state index in [0.29, 0.717) is 12.2 Å². The highest BCUT2D eigenvalue weighted by Crippen LogP contribution is 2.24. The topological polar surface area (TPSA) is 97.4 Å². The van der Waals surface area contributed by atoms with Crippen LogP contribution in [0.15, 0.2) is 38.4 Å². The zero-order chi connectivity index (χ0) is 14.9. The first-order valence-corrected chi connectivity index (χ1v) is 7.91. The number of furan rings is 1. The van der Waals surface area contributed by atoms with Crippen LogP contribution in [0.3, 0.4) is 0 Å². The van der Waals surface area contributed by atoms with Crippen LogP contribution in [-0.4, -0.2) is 38.9 Å². The smallest absolute Gasteiger partial charge is 0.274 e. The van der Waals surface area contributed by atoms with Gasteiger partial charge in [-0.3, -0.25) is 0 Å². The third kappa shape index (κ3) is 3.14. The van der Waals surface area contributed by atoms with Crippen LogP contribution < -0.4 is 10.0 Å². The van der Waals surface area contributed by atoms with Crippen molar-refractivity contribution in [2.45, 2.75) is 23.7 Å². The van der Waals surface area contributed by atoms with Crippen molar-refractivity contribution in [1.82, 2.24) is 15.2 Å². The summed E-state index contributed by atoms with van der Waals surface area (Å²) < 4.78 is 49.7. The summed E-state index contributed by atoms with van der Waals surface area (Å²) >= 11 is 0. The summed E-state index contributed by atoms with van der Waals surface area (Å²) in [4.78, 5) is 0. The first kappa shape index (κ1) is 14.2. The summed E-state index contributed by atoms with van der Waals surface area (Å²) in [5.74, 6) is 0.616. The molecule has 1 saturated heterocycles. The van der Waals surface area contributed by atoms with Gasteiger partial charge in [-0.2, -0.15) is 0 Å². The fourth-order valence-corrected chi connectivity index (χ4v) is 3.16. The van der Waals surface area contributed by atoms with Gasteiger partial charge in [0, 0.05) is 25.2 Å².